The van der Waals surface area contributed by atoms with Gasteiger partial charge in [-0.2, -0.15) is 0 Å². The first-order chi connectivity index (χ1) is 7.24. The molecule has 0 saturated carbocycles. The lowest BCUT2D eigenvalue weighted by molar-refractivity contribution is 1.14. The topological polar surface area (TPSA) is 3.24 Å². The van der Waals surface area contributed by atoms with Crippen molar-refractivity contribution in [3.63, 3.8) is 0 Å². The monoisotopic (exact) mass is 237 g/mol. The lowest BCUT2D eigenvalue weighted by Gasteiger charge is -2.16. The first kappa shape index (κ1) is 10.7. The zero-order chi connectivity index (χ0) is 10.8. The Kier molecular flexibility index (Phi) is 3.08. The minimum atomic E-state index is 1.11. The number of hydrogen-bond acceptors (Lipinski definition) is 2. The van der Waals surface area contributed by atoms with Crippen molar-refractivity contribution in [1.29, 1.82) is 0 Å². The van der Waals surface area contributed by atoms with Gasteiger partial charge in [-0.3, -0.25) is 0 Å². The Bertz CT molecular complexity index is 482. The molecule has 0 bridgehead atoms. The lowest BCUT2D eigenvalue weighted by atomic mass is 10.1. The van der Waals surface area contributed by atoms with Crippen molar-refractivity contribution >= 4 is 38.1 Å². The van der Waals surface area contributed by atoms with Crippen LogP contribution in [0.25, 0.3) is 10.8 Å². The second-order valence-corrected chi connectivity index (χ2v) is 4.66. The molecule has 0 aromatic heterocycles. The van der Waals surface area contributed by atoms with Crippen molar-refractivity contribution in [2.24, 2.45) is 0 Å². The van der Waals surface area contributed by atoms with Crippen LogP contribution >= 0.6 is 21.7 Å². The summed E-state index contributed by atoms with van der Waals surface area (Å²) in [5, 5.41) is 2.46. The Labute approximate surface area is 98.5 Å². The highest BCUT2D eigenvalue weighted by atomic mass is 35.7. The summed E-state index contributed by atoms with van der Waals surface area (Å²) >= 11 is 0. The number of hydrogen-bond donors (Lipinski definition) is 0. The highest BCUT2D eigenvalue weighted by molar-refractivity contribution is 8.21. The van der Waals surface area contributed by atoms with Gasteiger partial charge in [0.2, 0.25) is 0 Å². The molecule has 0 atom stereocenters. The van der Waals surface area contributed by atoms with Crippen molar-refractivity contribution in [2.75, 3.05) is 19.0 Å². The second kappa shape index (κ2) is 4.33. The molecule has 3 heteroatoms. The van der Waals surface area contributed by atoms with Crippen LogP contribution in [0.2, 0.25) is 0 Å². The summed E-state index contributed by atoms with van der Waals surface area (Å²) in [4.78, 5) is 3.23. The fourth-order valence-corrected chi connectivity index (χ4v) is 2.52. The molecule has 2 rings (SSSR count). The van der Waals surface area contributed by atoms with Crippen molar-refractivity contribution < 1.29 is 0 Å². The predicted octanol–water partition coefficient (Wildman–Crippen LogP) is 4.15. The molecule has 2 aromatic rings. The molecule has 0 saturated heterocycles. The smallest absolute Gasteiger partial charge is 0.0441 e. The van der Waals surface area contributed by atoms with E-state index in [0.717, 1.165) is 4.90 Å². The van der Waals surface area contributed by atoms with Gasteiger partial charge in [0.05, 0.1) is 0 Å². The second-order valence-electron chi connectivity index (χ2n) is 3.60. The summed E-state index contributed by atoms with van der Waals surface area (Å²) in [5.41, 5.74) is 1.22. The molecule has 2 aromatic carbocycles. The van der Waals surface area contributed by atoms with E-state index in [0.29, 0.717) is 0 Å². The fourth-order valence-electron chi connectivity index (χ4n) is 1.72. The summed E-state index contributed by atoms with van der Waals surface area (Å²) in [6.07, 6.45) is 0. The van der Waals surface area contributed by atoms with Crippen LogP contribution in [0.1, 0.15) is 0 Å². The molecule has 0 amide bonds. The van der Waals surface area contributed by atoms with Gasteiger partial charge < -0.3 is 4.90 Å². The van der Waals surface area contributed by atoms with Crippen LogP contribution in [0.4, 0.5) is 5.69 Å². The molecule has 0 radical (unpaired) electrons. The van der Waals surface area contributed by atoms with Gasteiger partial charge in [-0.25, -0.2) is 0 Å². The van der Waals surface area contributed by atoms with Gasteiger partial charge in [-0.1, -0.05) is 24.3 Å². The average molecular weight is 238 g/mol. The van der Waals surface area contributed by atoms with E-state index in [4.69, 9.17) is 10.7 Å². The minimum absolute atomic E-state index is 1.11. The number of halogens is 1. The Morgan fingerprint density at radius 2 is 1.67 bits per heavy atom. The van der Waals surface area contributed by atoms with Crippen LogP contribution in [-0.4, -0.2) is 14.1 Å². The summed E-state index contributed by atoms with van der Waals surface area (Å²) in [6.45, 7) is 0. The van der Waals surface area contributed by atoms with Crippen molar-refractivity contribution in [3.8, 4) is 0 Å². The van der Waals surface area contributed by atoms with Crippen molar-refractivity contribution in [3.05, 3.63) is 36.4 Å². The number of fused-ring (bicyclic) bond motifs is 1. The maximum Gasteiger partial charge on any atom is 0.0441 e. The Balaban J connectivity index is 2.76. The third-order valence-electron chi connectivity index (χ3n) is 2.42. The van der Waals surface area contributed by atoms with E-state index in [1.54, 1.807) is 0 Å². The van der Waals surface area contributed by atoms with Crippen LogP contribution in [0, 0.1) is 0 Å². The van der Waals surface area contributed by atoms with Crippen molar-refractivity contribution in [1.82, 2.24) is 0 Å². The number of anilines is 1. The van der Waals surface area contributed by atoms with Gasteiger partial charge in [0.1, 0.15) is 0 Å². The fraction of sp³-hybridized carbons (Fsp3) is 0.167. The van der Waals surface area contributed by atoms with Gasteiger partial charge in [0.25, 0.3) is 0 Å². The highest BCUT2D eigenvalue weighted by Crippen LogP contribution is 2.34. The summed E-state index contributed by atoms with van der Waals surface area (Å²) in [7, 11) is 11.2. The SMILES string of the molecule is CN(C)c1cccc2c(SCl)cccc12. The normalized spacial score (nSPS) is 10.6. The first-order valence-electron chi connectivity index (χ1n) is 4.71. The molecule has 0 heterocycles. The molecule has 0 spiro atoms. The number of rotatable bonds is 2. The molecular weight excluding hydrogens is 226 g/mol. The average Bonchev–Trinajstić information content (AvgIpc) is 2.27. The molecule has 1 nitrogen and oxygen atoms in total. The highest BCUT2D eigenvalue weighted by Gasteiger charge is 2.05. The Morgan fingerprint density at radius 3 is 2.33 bits per heavy atom. The van der Waals surface area contributed by atoms with Gasteiger partial charge in [-0.15, -0.1) is 0 Å². The molecule has 0 N–H and O–H groups in total. The molecule has 0 aliphatic heterocycles. The van der Waals surface area contributed by atoms with E-state index in [1.165, 1.54) is 27.4 Å². The molecule has 0 aliphatic rings. The molecule has 0 unspecified atom stereocenters. The minimum Gasteiger partial charge on any atom is -0.377 e. The lowest BCUT2D eigenvalue weighted by Crippen LogP contribution is -2.08. The molecule has 15 heavy (non-hydrogen) atoms. The summed E-state index contributed by atoms with van der Waals surface area (Å²) in [5.74, 6) is 0. The van der Waals surface area contributed by atoms with Crippen LogP contribution in [0.15, 0.2) is 41.3 Å². The third-order valence-corrected chi connectivity index (χ3v) is 3.44. The first-order valence-corrected chi connectivity index (χ1v) is 6.36. The summed E-state index contributed by atoms with van der Waals surface area (Å²) in [6, 6.07) is 12.5. The van der Waals surface area contributed by atoms with Crippen LogP contribution < -0.4 is 4.90 Å². The third kappa shape index (κ3) is 1.92. The Hall–Kier alpha value is -0.860. The van der Waals surface area contributed by atoms with Gasteiger partial charge in [0.15, 0.2) is 0 Å². The van der Waals surface area contributed by atoms with Gasteiger partial charge in [-0.05, 0) is 39.2 Å². The van der Waals surface area contributed by atoms with Crippen LogP contribution in [0.3, 0.4) is 0 Å². The largest absolute Gasteiger partial charge is 0.377 e. The molecular formula is C12H12ClNS. The van der Waals surface area contributed by atoms with Crippen LogP contribution in [-0.2, 0) is 0 Å². The van der Waals surface area contributed by atoms with Crippen LogP contribution in [0.5, 0.6) is 0 Å². The Morgan fingerprint density at radius 1 is 1.00 bits per heavy atom. The molecule has 0 aliphatic carbocycles. The number of benzene rings is 2. The van der Waals surface area contributed by atoms with E-state index in [9.17, 15) is 0 Å². The van der Waals surface area contributed by atoms with Gasteiger partial charge >= 0.3 is 0 Å². The zero-order valence-corrected chi connectivity index (χ0v) is 10.3. The predicted molar refractivity (Wildman–Crippen MR) is 70.0 cm³/mol. The summed E-state index contributed by atoms with van der Waals surface area (Å²) < 4.78 is 0. The van der Waals surface area contributed by atoms with E-state index in [1.807, 2.05) is 12.1 Å². The van der Waals surface area contributed by atoms with E-state index >= 15 is 0 Å². The van der Waals surface area contributed by atoms with Gasteiger partial charge in [0, 0.05) is 30.1 Å². The zero-order valence-electron chi connectivity index (χ0n) is 8.70. The molecule has 78 valence electrons. The van der Waals surface area contributed by atoms with E-state index in [-0.39, 0.29) is 0 Å². The maximum absolute atomic E-state index is 5.84. The van der Waals surface area contributed by atoms with E-state index < -0.39 is 0 Å². The van der Waals surface area contributed by atoms with Crippen molar-refractivity contribution in [2.45, 2.75) is 4.90 Å². The maximum atomic E-state index is 5.84. The van der Waals surface area contributed by atoms with E-state index in [2.05, 4.69) is 43.3 Å². The standard InChI is InChI=1S/C12H12ClNS/c1-14(2)11-7-3-6-10-9(11)5-4-8-12(10)15-13/h3-8H,1-2H3. The quantitative estimate of drug-likeness (QED) is 0.772. The number of nitrogens with zero attached hydrogens (tertiary/aromatic N) is 1. The molecule has 0 fully saturated rings.